The Bertz CT molecular complexity index is 1550. The number of hydrogen-bond donors (Lipinski definition) is 3. The molecule has 40 heavy (non-hydrogen) atoms. The van der Waals surface area contributed by atoms with Crippen LogP contribution in [0.1, 0.15) is 50.4 Å². The van der Waals surface area contributed by atoms with Gasteiger partial charge in [0, 0.05) is 23.5 Å². The molecule has 4 heterocycles. The normalized spacial score (nSPS) is 10.3. The van der Waals surface area contributed by atoms with Crippen molar-refractivity contribution < 1.29 is 14.3 Å². The van der Waals surface area contributed by atoms with E-state index in [4.69, 9.17) is 33.7 Å². The molecule has 0 saturated heterocycles. The number of amides is 1. The largest absolute Gasteiger partial charge is 0.461 e. The Morgan fingerprint density at radius 1 is 0.775 bits per heavy atom. The monoisotopic (exact) mass is 583 g/mol. The minimum absolute atomic E-state index is 0.0180. The van der Waals surface area contributed by atoms with Gasteiger partial charge in [0.2, 0.25) is 0 Å². The van der Waals surface area contributed by atoms with Gasteiger partial charge in [-0.1, -0.05) is 35.3 Å². The first-order valence-corrected chi connectivity index (χ1v) is 12.7. The molecule has 4 aromatic heterocycles. The van der Waals surface area contributed by atoms with Gasteiger partial charge in [0.25, 0.3) is 5.91 Å². The van der Waals surface area contributed by atoms with Crippen molar-refractivity contribution >= 4 is 58.1 Å². The lowest BCUT2D eigenvalue weighted by Gasteiger charge is -2.10. The Kier molecular flexibility index (Phi) is 10.2. The summed E-state index contributed by atoms with van der Waals surface area (Å²) < 4.78 is 4.94. The molecule has 0 aliphatic carbocycles. The summed E-state index contributed by atoms with van der Waals surface area (Å²) in [6.45, 7) is 9.72. The van der Waals surface area contributed by atoms with Crippen molar-refractivity contribution in [3.63, 3.8) is 0 Å². The van der Waals surface area contributed by atoms with Crippen LogP contribution in [0.5, 0.6) is 0 Å². The van der Waals surface area contributed by atoms with Crippen molar-refractivity contribution in [2.75, 3.05) is 17.2 Å². The van der Waals surface area contributed by atoms with Crippen LogP contribution in [-0.4, -0.2) is 48.8 Å². The van der Waals surface area contributed by atoms with E-state index in [0.717, 1.165) is 22.5 Å². The summed E-state index contributed by atoms with van der Waals surface area (Å²) in [4.78, 5) is 31.9. The van der Waals surface area contributed by atoms with Crippen LogP contribution in [0.25, 0.3) is 0 Å². The topological polar surface area (TPSA) is 171 Å². The van der Waals surface area contributed by atoms with Gasteiger partial charge in [0.1, 0.15) is 11.6 Å². The van der Waals surface area contributed by atoms with E-state index in [0.29, 0.717) is 23.0 Å². The number of pyridine rings is 2. The number of aromatic nitrogens is 6. The summed E-state index contributed by atoms with van der Waals surface area (Å²) in [7, 11) is 0. The number of anilines is 4. The Morgan fingerprint density at radius 3 is 1.65 bits per heavy atom. The molecule has 0 saturated carbocycles. The number of nitrogens with one attached hydrogen (secondary N) is 2. The van der Waals surface area contributed by atoms with Gasteiger partial charge in [-0.25, -0.2) is 14.8 Å². The Balaban J connectivity index is 0.000000222. The molecule has 0 bridgehead atoms. The van der Waals surface area contributed by atoms with E-state index in [2.05, 4.69) is 41.0 Å². The number of ether oxygens (including phenoxy) is 1. The summed E-state index contributed by atoms with van der Waals surface area (Å²) in [5.41, 5.74) is 10.0. The van der Waals surface area contributed by atoms with E-state index < -0.39 is 11.9 Å². The number of aryl methyl sites for hydroxylation is 4. The highest BCUT2D eigenvalue weighted by atomic mass is 35.5. The first kappa shape index (κ1) is 30.1. The van der Waals surface area contributed by atoms with Crippen molar-refractivity contribution in [1.82, 2.24) is 30.4 Å². The summed E-state index contributed by atoms with van der Waals surface area (Å²) in [5.74, 6) is -0.0779. The highest BCUT2D eigenvalue weighted by Crippen LogP contribution is 2.23. The highest BCUT2D eigenvalue weighted by molar-refractivity contribution is 6.30. The molecule has 0 fully saturated rings. The second kappa shape index (κ2) is 13.6. The van der Waals surface area contributed by atoms with Crippen LogP contribution in [0.4, 0.5) is 23.0 Å². The third-order valence-corrected chi connectivity index (χ3v) is 5.83. The lowest BCUT2D eigenvalue weighted by atomic mass is 10.2. The van der Waals surface area contributed by atoms with Crippen molar-refractivity contribution in [2.45, 2.75) is 34.6 Å². The zero-order chi connectivity index (χ0) is 29.4. The molecule has 208 valence electrons. The number of nitrogens with zero attached hydrogens (tertiary/aromatic N) is 6. The quantitative estimate of drug-likeness (QED) is 0.248. The number of carbonyl (C=O) groups excluding carboxylic acids is 2. The fourth-order valence-corrected chi connectivity index (χ4v) is 3.43. The molecule has 0 aliphatic rings. The molecule has 4 N–H and O–H groups in total. The zero-order valence-corrected chi connectivity index (χ0v) is 23.9. The number of halogens is 2. The van der Waals surface area contributed by atoms with Crippen molar-refractivity contribution in [2.24, 2.45) is 5.73 Å². The van der Waals surface area contributed by atoms with Crippen LogP contribution in [0.2, 0.25) is 10.3 Å². The summed E-state index contributed by atoms with van der Waals surface area (Å²) in [5, 5.41) is 21.0. The Hall–Kier alpha value is -4.42. The predicted molar refractivity (Wildman–Crippen MR) is 153 cm³/mol. The fraction of sp³-hybridized carbons (Fsp3) is 0.231. The van der Waals surface area contributed by atoms with Gasteiger partial charge in [-0.05, 0) is 57.9 Å². The summed E-state index contributed by atoms with van der Waals surface area (Å²) >= 11 is 11.6. The maximum absolute atomic E-state index is 11.9. The minimum atomic E-state index is -0.685. The third kappa shape index (κ3) is 8.04. The number of rotatable bonds is 7. The molecule has 1 amide bonds. The van der Waals surface area contributed by atoms with E-state index in [1.807, 2.05) is 45.9 Å². The average Bonchev–Trinajstić information content (AvgIpc) is 2.89. The van der Waals surface area contributed by atoms with Gasteiger partial charge in [0.15, 0.2) is 21.7 Å². The Labute approximate surface area is 240 Å². The predicted octanol–water partition coefficient (Wildman–Crippen LogP) is 5.05. The highest BCUT2D eigenvalue weighted by Gasteiger charge is 2.17. The van der Waals surface area contributed by atoms with Crippen molar-refractivity contribution in [3.8, 4) is 0 Å². The van der Waals surface area contributed by atoms with Crippen LogP contribution in [0.3, 0.4) is 0 Å². The number of carbonyl (C=O) groups is 2. The van der Waals surface area contributed by atoms with Gasteiger partial charge in [0.05, 0.1) is 18.0 Å². The molecule has 0 aliphatic heterocycles. The van der Waals surface area contributed by atoms with Crippen LogP contribution >= 0.6 is 23.2 Å². The van der Waals surface area contributed by atoms with Crippen LogP contribution in [0, 0.1) is 27.7 Å². The molecule has 0 radical (unpaired) electrons. The Morgan fingerprint density at radius 2 is 1.23 bits per heavy atom. The second-order valence-corrected chi connectivity index (χ2v) is 9.17. The standard InChI is InChI=1S/C14H15ClN4O2.C12H12ClN5O/c1-4-21-14(20)13-10(7-11(15)18-19-13)17-12-6-5-8(2)9(3)16-12;1-6-3-4-10(15-7(6)2)16-8-5-9(13)17-18-11(8)12(14)19/h5-7H,4H2,1-3H3,(H,16,17,18);3-5H,1-2H3,(H2,14,19)(H,15,16,17). The molecule has 0 atom stereocenters. The van der Waals surface area contributed by atoms with E-state index in [-0.39, 0.29) is 28.3 Å². The second-order valence-electron chi connectivity index (χ2n) is 8.39. The van der Waals surface area contributed by atoms with Crippen LogP contribution < -0.4 is 16.4 Å². The minimum Gasteiger partial charge on any atom is -0.461 e. The molecule has 0 spiro atoms. The number of primary amides is 1. The molecule has 14 heteroatoms. The average molecular weight is 584 g/mol. The zero-order valence-electron chi connectivity index (χ0n) is 22.4. The van der Waals surface area contributed by atoms with Gasteiger partial charge in [-0.2, -0.15) is 0 Å². The van der Waals surface area contributed by atoms with Crippen LogP contribution in [-0.2, 0) is 4.74 Å². The molecule has 4 aromatic rings. The van der Waals surface area contributed by atoms with Gasteiger partial charge >= 0.3 is 5.97 Å². The van der Waals surface area contributed by atoms with Crippen molar-refractivity contribution in [1.29, 1.82) is 0 Å². The molecule has 4 rings (SSSR count). The molecular weight excluding hydrogens is 557 g/mol. The number of nitrogens with two attached hydrogens (primary N) is 1. The maximum atomic E-state index is 11.9. The fourth-order valence-electron chi connectivity index (χ4n) is 3.14. The third-order valence-electron chi connectivity index (χ3n) is 5.46. The van der Waals surface area contributed by atoms with Gasteiger partial charge in [-0.3, -0.25) is 4.79 Å². The molecule has 12 nitrogen and oxygen atoms in total. The molecular formula is C26H27Cl2N9O3. The lowest BCUT2D eigenvalue weighted by molar-refractivity contribution is 0.0519. The number of esters is 1. The van der Waals surface area contributed by atoms with Crippen molar-refractivity contribution in [3.05, 3.63) is 80.6 Å². The van der Waals surface area contributed by atoms with E-state index in [9.17, 15) is 9.59 Å². The molecule has 0 aromatic carbocycles. The SMILES string of the molecule is CCOC(=O)c1nnc(Cl)cc1Nc1ccc(C)c(C)n1.Cc1ccc(Nc2cc(Cl)nnc2C(N)=O)nc1C. The van der Waals surface area contributed by atoms with Gasteiger partial charge in [-0.15, -0.1) is 20.4 Å². The van der Waals surface area contributed by atoms with E-state index >= 15 is 0 Å². The van der Waals surface area contributed by atoms with Crippen LogP contribution in [0.15, 0.2) is 36.4 Å². The summed E-state index contributed by atoms with van der Waals surface area (Å²) in [6, 6.07) is 10.5. The lowest BCUT2D eigenvalue weighted by Crippen LogP contribution is -2.16. The smallest absolute Gasteiger partial charge is 0.361 e. The first-order valence-electron chi connectivity index (χ1n) is 11.9. The first-order chi connectivity index (χ1) is 19.0. The van der Waals surface area contributed by atoms with E-state index in [1.54, 1.807) is 13.0 Å². The molecule has 0 unspecified atom stereocenters. The maximum Gasteiger partial charge on any atom is 0.361 e. The van der Waals surface area contributed by atoms with E-state index in [1.165, 1.54) is 12.1 Å². The number of hydrogen-bond acceptors (Lipinski definition) is 11. The summed E-state index contributed by atoms with van der Waals surface area (Å²) in [6.07, 6.45) is 0. The van der Waals surface area contributed by atoms with Gasteiger partial charge < -0.3 is 21.1 Å².